The lowest BCUT2D eigenvalue weighted by Crippen LogP contribution is -2.52. The van der Waals surface area contributed by atoms with Crippen LogP contribution >= 0.6 is 0 Å². The molecule has 52 heavy (non-hydrogen) atoms. The zero-order valence-electron chi connectivity index (χ0n) is 34.2. The van der Waals surface area contributed by atoms with E-state index in [1.54, 1.807) is 20.8 Å². The summed E-state index contributed by atoms with van der Waals surface area (Å²) in [6, 6.07) is -0.0490. The van der Waals surface area contributed by atoms with Crippen LogP contribution in [0.4, 0.5) is 0 Å². The molecule has 12 heteroatoms. The van der Waals surface area contributed by atoms with Gasteiger partial charge in [-0.05, 0) is 77.0 Å². The third kappa shape index (κ3) is 19.7. The summed E-state index contributed by atoms with van der Waals surface area (Å²) in [5.41, 5.74) is -1.27. The average molecular weight is 739 g/mol. The smallest absolute Gasteiger partial charge is 0.333 e. The number of unbranched alkanes of at least 4 members (excludes halogenated alkanes) is 1. The number of aliphatic hydroxyl groups excluding tert-OH is 1. The third-order valence-electron chi connectivity index (χ3n) is 9.28. The highest BCUT2D eigenvalue weighted by Crippen LogP contribution is 2.48. The quantitative estimate of drug-likeness (QED) is 0.0588. The van der Waals surface area contributed by atoms with Crippen LogP contribution in [0.1, 0.15) is 134 Å². The molecular formula is C40H70N2O10. The first kappa shape index (κ1) is 47.0. The summed E-state index contributed by atoms with van der Waals surface area (Å²) in [6.07, 6.45) is 4.67. The molecule has 1 fully saturated rings. The van der Waals surface area contributed by atoms with E-state index in [9.17, 15) is 29.1 Å². The first-order valence-electron chi connectivity index (χ1n) is 18.7. The molecule has 2 atom stereocenters. The second-order valence-electron chi connectivity index (χ2n) is 18.5. The zero-order chi connectivity index (χ0) is 40.0. The number of rotatable bonds is 22. The fourth-order valence-electron chi connectivity index (χ4n) is 6.47. The van der Waals surface area contributed by atoms with Crippen molar-refractivity contribution in [1.82, 2.24) is 10.2 Å². The summed E-state index contributed by atoms with van der Waals surface area (Å²) >= 11 is 0. The van der Waals surface area contributed by atoms with Crippen LogP contribution in [0, 0.1) is 21.7 Å². The highest BCUT2D eigenvalue weighted by atomic mass is 16.6. The molecule has 0 bridgehead atoms. The predicted molar refractivity (Wildman–Crippen MR) is 200 cm³/mol. The molecule has 0 radical (unpaired) electrons. The lowest BCUT2D eigenvalue weighted by atomic mass is 9.61. The van der Waals surface area contributed by atoms with Gasteiger partial charge in [-0.2, -0.15) is 0 Å². The monoisotopic (exact) mass is 739 g/mol. The topological polar surface area (TPSA) is 158 Å². The number of nitrogens with zero attached hydrogens (tertiary/aromatic N) is 1. The lowest BCUT2D eigenvalue weighted by molar-refractivity contribution is -0.154. The van der Waals surface area contributed by atoms with E-state index in [0.29, 0.717) is 31.4 Å². The first-order chi connectivity index (χ1) is 23.8. The molecule has 0 spiro atoms. The Labute approximate surface area is 313 Å². The lowest BCUT2D eigenvalue weighted by Gasteiger charge is -2.47. The normalized spacial score (nSPS) is 19.1. The van der Waals surface area contributed by atoms with Crippen molar-refractivity contribution >= 4 is 29.8 Å². The predicted octanol–water partition coefficient (Wildman–Crippen LogP) is 5.92. The maximum absolute atomic E-state index is 13.3. The number of aliphatic hydroxyl groups is 1. The maximum atomic E-state index is 13.3. The van der Waals surface area contributed by atoms with Crippen molar-refractivity contribution < 1.29 is 48.0 Å². The molecule has 1 aliphatic carbocycles. The summed E-state index contributed by atoms with van der Waals surface area (Å²) in [5.74, 6) is -1.58. The first-order valence-corrected chi connectivity index (χ1v) is 18.7. The van der Waals surface area contributed by atoms with Gasteiger partial charge in [-0.25, -0.2) is 4.79 Å². The molecule has 1 saturated carbocycles. The maximum Gasteiger partial charge on any atom is 0.333 e. The van der Waals surface area contributed by atoms with Crippen molar-refractivity contribution in [2.24, 2.45) is 21.7 Å². The number of amides is 1. The van der Waals surface area contributed by atoms with Gasteiger partial charge in [0.15, 0.2) is 0 Å². The van der Waals surface area contributed by atoms with Crippen molar-refractivity contribution in [2.75, 3.05) is 46.1 Å². The number of carbonyl (C=O) groups excluding carboxylic acids is 5. The standard InChI is InChI=1S/C40H70N2O10/c1-29(2)35(48)49-20-19-42(36(3,4)5)23-31(44)41-30-21-37(6,7)24-40(12,22-30)18-17-34(47)52-28-39(10,11)27-51-33(46)16-14-13-15-32(45)50-26-38(8,9)25-43/h30,43H,1,13-28H2,2-12H3,(H,41,44). The van der Waals surface area contributed by atoms with Crippen LogP contribution in [0.15, 0.2) is 12.2 Å². The highest BCUT2D eigenvalue weighted by molar-refractivity contribution is 5.86. The van der Waals surface area contributed by atoms with Crippen LogP contribution in [-0.4, -0.2) is 97.5 Å². The van der Waals surface area contributed by atoms with E-state index < -0.39 is 16.8 Å². The van der Waals surface area contributed by atoms with E-state index in [0.717, 1.165) is 19.3 Å². The van der Waals surface area contributed by atoms with Gasteiger partial charge >= 0.3 is 23.9 Å². The van der Waals surface area contributed by atoms with Gasteiger partial charge < -0.3 is 29.4 Å². The van der Waals surface area contributed by atoms with Gasteiger partial charge in [-0.1, -0.05) is 55.0 Å². The van der Waals surface area contributed by atoms with Gasteiger partial charge in [0, 0.05) is 53.8 Å². The van der Waals surface area contributed by atoms with E-state index in [1.165, 1.54) is 0 Å². The molecule has 12 nitrogen and oxygen atoms in total. The fourth-order valence-corrected chi connectivity index (χ4v) is 6.47. The number of ether oxygens (including phenoxy) is 4. The van der Waals surface area contributed by atoms with Gasteiger partial charge in [0.05, 0.1) is 33.0 Å². The van der Waals surface area contributed by atoms with Crippen LogP contribution in [-0.2, 0) is 42.9 Å². The number of hydrogen-bond acceptors (Lipinski definition) is 11. The van der Waals surface area contributed by atoms with Crippen LogP contribution in [0.2, 0.25) is 0 Å². The molecule has 0 aromatic heterocycles. The zero-order valence-corrected chi connectivity index (χ0v) is 34.2. The van der Waals surface area contributed by atoms with E-state index >= 15 is 0 Å². The minimum atomic E-state index is -0.575. The summed E-state index contributed by atoms with van der Waals surface area (Å²) in [5, 5.41) is 12.5. The van der Waals surface area contributed by atoms with E-state index in [2.05, 4.69) is 32.7 Å². The average Bonchev–Trinajstić information content (AvgIpc) is 3.01. The molecule has 300 valence electrons. The van der Waals surface area contributed by atoms with Crippen molar-refractivity contribution in [3.05, 3.63) is 12.2 Å². The van der Waals surface area contributed by atoms with Crippen LogP contribution in [0.3, 0.4) is 0 Å². The van der Waals surface area contributed by atoms with Crippen LogP contribution in [0.25, 0.3) is 0 Å². The number of hydrogen-bond donors (Lipinski definition) is 2. The van der Waals surface area contributed by atoms with E-state index in [4.69, 9.17) is 18.9 Å². The van der Waals surface area contributed by atoms with Gasteiger partial charge in [-0.15, -0.1) is 0 Å². The Kier molecular flexibility index (Phi) is 18.5. The molecule has 0 aromatic carbocycles. The molecule has 1 aliphatic rings. The Morgan fingerprint density at radius 2 is 1.29 bits per heavy atom. The fraction of sp³-hybridized carbons (Fsp3) is 0.825. The van der Waals surface area contributed by atoms with Crippen molar-refractivity contribution in [3.63, 3.8) is 0 Å². The summed E-state index contributed by atoms with van der Waals surface area (Å²) in [7, 11) is 0. The number of esters is 4. The summed E-state index contributed by atoms with van der Waals surface area (Å²) in [4.78, 5) is 64.1. The highest BCUT2D eigenvalue weighted by Gasteiger charge is 2.42. The minimum absolute atomic E-state index is 0.0397. The van der Waals surface area contributed by atoms with Crippen LogP contribution < -0.4 is 5.32 Å². The van der Waals surface area contributed by atoms with Crippen molar-refractivity contribution in [2.45, 2.75) is 146 Å². The molecule has 0 saturated heterocycles. The molecule has 0 aromatic rings. The Morgan fingerprint density at radius 1 is 0.788 bits per heavy atom. The summed E-state index contributed by atoms with van der Waals surface area (Å²) < 4.78 is 21.5. The Hall–Kier alpha value is -2.99. The number of carbonyl (C=O) groups is 5. The van der Waals surface area contributed by atoms with Gasteiger partial charge in [0.2, 0.25) is 5.91 Å². The molecule has 2 unspecified atom stereocenters. The Bertz CT molecular complexity index is 1220. The largest absolute Gasteiger partial charge is 0.465 e. The summed E-state index contributed by atoms with van der Waals surface area (Å²) in [6.45, 7) is 26.2. The van der Waals surface area contributed by atoms with Gasteiger partial charge in [0.25, 0.3) is 0 Å². The van der Waals surface area contributed by atoms with Crippen LogP contribution in [0.5, 0.6) is 0 Å². The van der Waals surface area contributed by atoms with Gasteiger partial charge in [-0.3, -0.25) is 24.1 Å². The second kappa shape index (κ2) is 20.5. The molecular weight excluding hydrogens is 668 g/mol. The Morgan fingerprint density at radius 3 is 1.77 bits per heavy atom. The van der Waals surface area contributed by atoms with Gasteiger partial charge in [0.1, 0.15) is 6.61 Å². The molecule has 0 aliphatic heterocycles. The van der Waals surface area contributed by atoms with Crippen molar-refractivity contribution in [1.29, 1.82) is 0 Å². The number of nitrogens with one attached hydrogen (secondary N) is 1. The minimum Gasteiger partial charge on any atom is -0.465 e. The SMILES string of the molecule is C=C(C)C(=O)OCCN(CC(=O)NC1CC(C)(C)CC(C)(CCC(=O)OCC(C)(C)COC(=O)CCCCC(=O)OCC(C)(C)CO)C1)C(C)(C)C. The molecule has 2 N–H and O–H groups in total. The Balaban J connectivity index is 2.53. The van der Waals surface area contributed by atoms with E-state index in [-0.39, 0.29) is 105 Å². The molecule has 1 amide bonds. The second-order valence-corrected chi connectivity index (χ2v) is 18.5. The molecule has 0 heterocycles. The molecule has 1 rings (SSSR count). The van der Waals surface area contributed by atoms with E-state index in [1.807, 2.05) is 39.5 Å². The van der Waals surface area contributed by atoms with Crippen molar-refractivity contribution in [3.8, 4) is 0 Å². The third-order valence-corrected chi connectivity index (χ3v) is 9.28.